The maximum Gasteiger partial charge on any atom is 0.119 e. The van der Waals surface area contributed by atoms with Crippen LogP contribution in [0.4, 0.5) is 0 Å². The molecule has 0 atom stereocenters. The van der Waals surface area contributed by atoms with Gasteiger partial charge in [-0.25, -0.2) is 0 Å². The highest BCUT2D eigenvalue weighted by Gasteiger charge is 2.36. The number of alkyl halides is 1. The van der Waals surface area contributed by atoms with Gasteiger partial charge in [0.2, 0.25) is 0 Å². The lowest BCUT2D eigenvalue weighted by atomic mass is 9.71. The van der Waals surface area contributed by atoms with Gasteiger partial charge in [-0.1, -0.05) is 55.3 Å². The van der Waals surface area contributed by atoms with Crippen molar-refractivity contribution in [3.05, 3.63) is 29.8 Å². The summed E-state index contributed by atoms with van der Waals surface area (Å²) < 4.78 is 6.01. The van der Waals surface area contributed by atoms with Crippen LogP contribution >= 0.6 is 15.9 Å². The molecule has 1 aliphatic rings. The lowest BCUT2D eigenvalue weighted by Gasteiger charge is -2.40. The van der Waals surface area contributed by atoms with Crippen LogP contribution in [0.25, 0.3) is 0 Å². The van der Waals surface area contributed by atoms with E-state index in [1.54, 1.807) is 0 Å². The number of ether oxygens (including phenoxy) is 1. The van der Waals surface area contributed by atoms with Crippen molar-refractivity contribution in [2.24, 2.45) is 5.41 Å². The molecule has 0 bridgehead atoms. The maximum atomic E-state index is 6.01. The molecule has 0 radical (unpaired) electrons. The molecule has 0 aromatic heterocycles. The van der Waals surface area contributed by atoms with Crippen LogP contribution in [0.3, 0.4) is 0 Å². The van der Waals surface area contributed by atoms with E-state index in [1.807, 2.05) is 0 Å². The molecule has 0 aliphatic heterocycles. The summed E-state index contributed by atoms with van der Waals surface area (Å²) in [6.45, 7) is 7.54. The minimum atomic E-state index is 0.183. The molecule has 2 heteroatoms. The van der Waals surface area contributed by atoms with E-state index in [0.717, 1.165) is 17.7 Å². The van der Waals surface area contributed by atoms with Gasteiger partial charge < -0.3 is 4.74 Å². The summed E-state index contributed by atoms with van der Waals surface area (Å²) >= 11 is 3.62. The number of rotatable bonds is 4. The average molecular weight is 311 g/mol. The molecular formula is C16H23BrO. The van der Waals surface area contributed by atoms with E-state index in [4.69, 9.17) is 4.74 Å². The summed E-state index contributed by atoms with van der Waals surface area (Å²) in [5.74, 6) is 1.01. The van der Waals surface area contributed by atoms with Gasteiger partial charge in [0.05, 0.1) is 6.61 Å². The van der Waals surface area contributed by atoms with E-state index < -0.39 is 0 Å². The summed E-state index contributed by atoms with van der Waals surface area (Å²) in [5, 5.41) is 1.05. The summed E-state index contributed by atoms with van der Waals surface area (Å²) in [5.41, 5.74) is 1.90. The van der Waals surface area contributed by atoms with Gasteiger partial charge in [-0.05, 0) is 36.0 Å². The fourth-order valence-electron chi connectivity index (χ4n) is 2.28. The first-order valence-corrected chi connectivity index (χ1v) is 7.87. The minimum Gasteiger partial charge on any atom is -0.493 e. The molecule has 1 fully saturated rings. The molecular weight excluding hydrogens is 288 g/mol. The highest BCUT2D eigenvalue weighted by molar-refractivity contribution is 9.09. The first kappa shape index (κ1) is 13.9. The topological polar surface area (TPSA) is 9.23 Å². The molecule has 1 nitrogen and oxygen atoms in total. The molecule has 0 amide bonds. The SMILES string of the molecule is CC(C)(C)c1cccc(OCC2(CBr)CCC2)c1. The van der Waals surface area contributed by atoms with Gasteiger partial charge in [0.1, 0.15) is 5.75 Å². The Morgan fingerprint density at radius 1 is 1.28 bits per heavy atom. The van der Waals surface area contributed by atoms with Crippen molar-refractivity contribution in [1.29, 1.82) is 0 Å². The van der Waals surface area contributed by atoms with Crippen LogP contribution in [0.15, 0.2) is 24.3 Å². The van der Waals surface area contributed by atoms with E-state index in [9.17, 15) is 0 Å². The van der Waals surface area contributed by atoms with Crippen molar-refractivity contribution in [3.8, 4) is 5.75 Å². The molecule has 18 heavy (non-hydrogen) atoms. The van der Waals surface area contributed by atoms with Crippen LogP contribution in [0.2, 0.25) is 0 Å². The molecule has 0 unspecified atom stereocenters. The van der Waals surface area contributed by atoms with Gasteiger partial charge in [-0.15, -0.1) is 0 Å². The van der Waals surface area contributed by atoms with Crippen LogP contribution in [0.5, 0.6) is 5.75 Å². The molecule has 1 aliphatic carbocycles. The van der Waals surface area contributed by atoms with Crippen LogP contribution < -0.4 is 4.74 Å². The monoisotopic (exact) mass is 310 g/mol. The normalized spacial score (nSPS) is 18.2. The van der Waals surface area contributed by atoms with E-state index in [1.165, 1.54) is 24.8 Å². The van der Waals surface area contributed by atoms with Crippen LogP contribution in [-0.4, -0.2) is 11.9 Å². The van der Waals surface area contributed by atoms with Crippen molar-refractivity contribution < 1.29 is 4.74 Å². The van der Waals surface area contributed by atoms with Crippen molar-refractivity contribution in [2.75, 3.05) is 11.9 Å². The van der Waals surface area contributed by atoms with E-state index in [-0.39, 0.29) is 5.41 Å². The Kier molecular flexibility index (Phi) is 4.05. The minimum absolute atomic E-state index is 0.183. The standard InChI is InChI=1S/C16H23BrO/c1-15(2,3)13-6-4-7-14(10-13)18-12-16(11-17)8-5-9-16/h4,6-7,10H,5,8-9,11-12H2,1-3H3. The summed E-state index contributed by atoms with van der Waals surface area (Å²) in [7, 11) is 0. The Labute approximate surface area is 119 Å². The second-order valence-corrected chi connectivity index (χ2v) is 7.11. The number of halogens is 1. The summed E-state index contributed by atoms with van der Waals surface area (Å²) in [6, 6.07) is 8.52. The largest absolute Gasteiger partial charge is 0.493 e. The predicted octanol–water partition coefficient (Wildman–Crippen LogP) is 4.93. The highest BCUT2D eigenvalue weighted by atomic mass is 79.9. The third-order valence-electron chi connectivity index (χ3n) is 3.94. The third kappa shape index (κ3) is 3.09. The predicted molar refractivity (Wildman–Crippen MR) is 80.7 cm³/mol. The van der Waals surface area contributed by atoms with E-state index in [0.29, 0.717) is 5.41 Å². The number of hydrogen-bond acceptors (Lipinski definition) is 1. The molecule has 0 spiro atoms. The Bertz CT molecular complexity index is 396. The zero-order chi connectivity index (χ0) is 13.2. The molecule has 0 N–H and O–H groups in total. The zero-order valence-electron chi connectivity index (χ0n) is 11.6. The van der Waals surface area contributed by atoms with Gasteiger partial charge in [0.25, 0.3) is 0 Å². The van der Waals surface area contributed by atoms with Gasteiger partial charge in [-0.3, -0.25) is 0 Å². The smallest absolute Gasteiger partial charge is 0.119 e. The van der Waals surface area contributed by atoms with Gasteiger partial charge in [0, 0.05) is 10.7 Å². The van der Waals surface area contributed by atoms with Crippen molar-refractivity contribution >= 4 is 15.9 Å². The Hall–Kier alpha value is -0.500. The third-order valence-corrected chi connectivity index (χ3v) is 5.13. The molecule has 1 aromatic carbocycles. The van der Waals surface area contributed by atoms with Crippen LogP contribution in [0.1, 0.15) is 45.6 Å². The molecule has 1 aromatic rings. The number of hydrogen-bond donors (Lipinski definition) is 0. The van der Waals surface area contributed by atoms with Crippen molar-refractivity contribution in [2.45, 2.75) is 45.4 Å². The molecule has 1 saturated carbocycles. The van der Waals surface area contributed by atoms with Crippen LogP contribution in [-0.2, 0) is 5.41 Å². The average Bonchev–Trinajstić information content (AvgIpc) is 2.27. The summed E-state index contributed by atoms with van der Waals surface area (Å²) in [4.78, 5) is 0. The lowest BCUT2D eigenvalue weighted by Crippen LogP contribution is -2.37. The molecule has 0 heterocycles. The van der Waals surface area contributed by atoms with E-state index >= 15 is 0 Å². The van der Waals surface area contributed by atoms with Gasteiger partial charge in [0.15, 0.2) is 0 Å². The van der Waals surface area contributed by atoms with Crippen molar-refractivity contribution in [1.82, 2.24) is 0 Å². The van der Waals surface area contributed by atoms with Crippen LogP contribution in [0, 0.1) is 5.41 Å². The zero-order valence-corrected chi connectivity index (χ0v) is 13.2. The maximum absolute atomic E-state index is 6.01. The number of benzene rings is 1. The van der Waals surface area contributed by atoms with Crippen molar-refractivity contribution in [3.63, 3.8) is 0 Å². The van der Waals surface area contributed by atoms with Gasteiger partial charge >= 0.3 is 0 Å². The Balaban J connectivity index is 2.01. The second-order valence-electron chi connectivity index (χ2n) is 6.55. The molecule has 0 saturated heterocycles. The lowest BCUT2D eigenvalue weighted by molar-refractivity contribution is 0.0837. The first-order chi connectivity index (χ1) is 8.45. The van der Waals surface area contributed by atoms with E-state index in [2.05, 4.69) is 61.0 Å². The molecule has 2 rings (SSSR count). The molecule has 100 valence electrons. The quantitative estimate of drug-likeness (QED) is 0.717. The Morgan fingerprint density at radius 3 is 2.50 bits per heavy atom. The fraction of sp³-hybridized carbons (Fsp3) is 0.625. The van der Waals surface area contributed by atoms with Gasteiger partial charge in [-0.2, -0.15) is 0 Å². The first-order valence-electron chi connectivity index (χ1n) is 6.75. The fourth-order valence-corrected chi connectivity index (χ4v) is 3.00. The Morgan fingerprint density at radius 2 is 2.00 bits per heavy atom. The summed E-state index contributed by atoms with van der Waals surface area (Å²) in [6.07, 6.45) is 3.92. The highest BCUT2D eigenvalue weighted by Crippen LogP contribution is 2.42. The second kappa shape index (κ2) is 5.24.